The van der Waals surface area contributed by atoms with Gasteiger partial charge in [0.15, 0.2) is 0 Å². The number of nitriles is 1. The molecule has 0 aliphatic rings. The molecule has 1 aromatic heterocycles. The minimum atomic E-state index is -4.80. The van der Waals surface area contributed by atoms with Crippen molar-refractivity contribution in [2.45, 2.75) is 12.6 Å². The van der Waals surface area contributed by atoms with Crippen LogP contribution < -0.4 is 0 Å². The topological polar surface area (TPSA) is 36.7 Å². The van der Waals surface area contributed by atoms with Crippen LogP contribution in [0.5, 0.6) is 0 Å². The molecule has 0 bridgehead atoms. The first kappa shape index (κ1) is 12.8. The molecule has 0 radical (unpaired) electrons. The molecular formula is C8H2BrF5N2. The maximum Gasteiger partial charge on any atom is 0.418 e. The lowest BCUT2D eigenvalue weighted by molar-refractivity contribution is -0.138. The second-order valence-electron chi connectivity index (χ2n) is 2.66. The van der Waals surface area contributed by atoms with Crippen LogP contribution in [-0.2, 0) is 6.18 Å². The van der Waals surface area contributed by atoms with Gasteiger partial charge in [-0.1, -0.05) is 0 Å². The van der Waals surface area contributed by atoms with E-state index >= 15 is 0 Å². The van der Waals surface area contributed by atoms with E-state index in [1.807, 2.05) is 0 Å². The fourth-order valence-electron chi connectivity index (χ4n) is 0.990. The summed E-state index contributed by atoms with van der Waals surface area (Å²) in [6, 6.07) is 1.31. The lowest BCUT2D eigenvalue weighted by Crippen LogP contribution is -2.10. The van der Waals surface area contributed by atoms with Gasteiger partial charge in [-0.3, -0.25) is 0 Å². The summed E-state index contributed by atoms with van der Waals surface area (Å²) in [6.45, 7) is 0. The largest absolute Gasteiger partial charge is 0.418 e. The van der Waals surface area contributed by atoms with Gasteiger partial charge < -0.3 is 0 Å². The van der Waals surface area contributed by atoms with Gasteiger partial charge in [-0.25, -0.2) is 13.8 Å². The van der Waals surface area contributed by atoms with Crippen LogP contribution in [0.3, 0.4) is 0 Å². The molecule has 0 saturated carbocycles. The Morgan fingerprint density at radius 1 is 1.38 bits per heavy atom. The highest BCUT2D eigenvalue weighted by molar-refractivity contribution is 9.10. The van der Waals surface area contributed by atoms with Crippen LogP contribution in [0.2, 0.25) is 0 Å². The summed E-state index contributed by atoms with van der Waals surface area (Å²) in [4.78, 5) is 3.05. The minimum absolute atomic E-state index is 0.342. The molecule has 0 amide bonds. The molecule has 1 aromatic rings. The Bertz CT molecular complexity index is 449. The molecule has 0 atom stereocenters. The summed E-state index contributed by atoms with van der Waals surface area (Å²) in [7, 11) is 0. The van der Waals surface area contributed by atoms with Crippen molar-refractivity contribution in [1.29, 1.82) is 5.26 Å². The quantitative estimate of drug-likeness (QED) is 0.742. The third kappa shape index (κ3) is 2.29. The van der Waals surface area contributed by atoms with Crippen LogP contribution in [0, 0.1) is 11.3 Å². The van der Waals surface area contributed by atoms with Crippen LogP contribution in [0.4, 0.5) is 22.0 Å². The van der Waals surface area contributed by atoms with E-state index in [0.29, 0.717) is 6.20 Å². The number of aromatic nitrogens is 1. The highest BCUT2D eigenvalue weighted by Gasteiger charge is 2.36. The second kappa shape index (κ2) is 4.33. The molecule has 0 N–H and O–H groups in total. The van der Waals surface area contributed by atoms with E-state index in [2.05, 4.69) is 20.9 Å². The van der Waals surface area contributed by atoms with E-state index in [-0.39, 0.29) is 0 Å². The van der Waals surface area contributed by atoms with Crippen LogP contribution in [0.25, 0.3) is 0 Å². The number of halogens is 6. The van der Waals surface area contributed by atoms with Crippen molar-refractivity contribution in [3.8, 4) is 6.07 Å². The Hall–Kier alpha value is -1.23. The second-order valence-corrected chi connectivity index (χ2v) is 3.45. The van der Waals surface area contributed by atoms with Crippen molar-refractivity contribution in [2.75, 3.05) is 0 Å². The van der Waals surface area contributed by atoms with Crippen molar-refractivity contribution in [3.05, 3.63) is 27.5 Å². The summed E-state index contributed by atoms with van der Waals surface area (Å²) in [5.41, 5.74) is -3.10. The van der Waals surface area contributed by atoms with Gasteiger partial charge in [0.1, 0.15) is 11.8 Å². The summed E-state index contributed by atoms with van der Waals surface area (Å²) in [5, 5.41) is 8.44. The van der Waals surface area contributed by atoms with Crippen LogP contribution in [0.15, 0.2) is 10.7 Å². The third-order valence-corrected chi connectivity index (χ3v) is 2.53. The van der Waals surface area contributed by atoms with Gasteiger partial charge in [0.2, 0.25) is 0 Å². The normalized spacial score (nSPS) is 11.6. The first-order valence-corrected chi connectivity index (χ1v) is 4.52. The number of hydrogen-bond acceptors (Lipinski definition) is 2. The summed E-state index contributed by atoms with van der Waals surface area (Å²) >= 11 is 2.42. The molecule has 0 spiro atoms. The first-order chi connectivity index (χ1) is 7.29. The molecule has 1 heterocycles. The van der Waals surface area contributed by atoms with E-state index in [9.17, 15) is 22.0 Å². The minimum Gasteiger partial charge on any atom is -0.244 e. The molecule has 86 valence electrons. The first-order valence-electron chi connectivity index (χ1n) is 3.73. The van der Waals surface area contributed by atoms with Gasteiger partial charge in [-0.15, -0.1) is 0 Å². The van der Waals surface area contributed by atoms with Crippen molar-refractivity contribution in [1.82, 2.24) is 4.98 Å². The van der Waals surface area contributed by atoms with Gasteiger partial charge >= 0.3 is 6.18 Å². The number of nitrogens with zero attached hydrogens (tertiary/aromatic N) is 2. The van der Waals surface area contributed by atoms with Crippen molar-refractivity contribution in [2.24, 2.45) is 0 Å². The van der Waals surface area contributed by atoms with Crippen molar-refractivity contribution in [3.63, 3.8) is 0 Å². The fraction of sp³-hybridized carbons (Fsp3) is 0.250. The van der Waals surface area contributed by atoms with Crippen LogP contribution >= 0.6 is 15.9 Å². The fourth-order valence-corrected chi connectivity index (χ4v) is 1.68. The molecule has 2 nitrogen and oxygen atoms in total. The molecule has 0 unspecified atom stereocenters. The average Bonchev–Trinajstić information content (AvgIpc) is 2.14. The lowest BCUT2D eigenvalue weighted by atomic mass is 10.1. The van der Waals surface area contributed by atoms with E-state index in [4.69, 9.17) is 5.26 Å². The Labute approximate surface area is 94.8 Å². The van der Waals surface area contributed by atoms with Gasteiger partial charge in [0, 0.05) is 10.7 Å². The zero-order chi connectivity index (χ0) is 12.5. The van der Waals surface area contributed by atoms with E-state index < -0.39 is 33.9 Å². The molecule has 0 aromatic carbocycles. The third-order valence-electron chi connectivity index (χ3n) is 1.68. The molecule has 0 aliphatic carbocycles. The number of rotatable bonds is 1. The lowest BCUT2D eigenvalue weighted by Gasteiger charge is -2.12. The number of pyridine rings is 1. The van der Waals surface area contributed by atoms with Crippen LogP contribution in [0.1, 0.15) is 23.2 Å². The molecule has 0 aliphatic heterocycles. The maximum absolute atomic E-state index is 12.5. The summed E-state index contributed by atoms with van der Waals surface area (Å²) in [6.07, 6.45) is -7.67. The van der Waals surface area contributed by atoms with Gasteiger partial charge in [0.25, 0.3) is 6.43 Å². The molecule has 1 rings (SSSR count). The summed E-state index contributed by atoms with van der Waals surface area (Å²) in [5.74, 6) is 0. The Kier molecular flexibility index (Phi) is 3.48. The highest BCUT2D eigenvalue weighted by Crippen LogP contribution is 2.39. The monoisotopic (exact) mass is 300 g/mol. The predicted octanol–water partition coefficient (Wildman–Crippen LogP) is 3.67. The molecular weight excluding hydrogens is 299 g/mol. The van der Waals surface area contributed by atoms with E-state index in [1.54, 1.807) is 0 Å². The Balaban J connectivity index is 3.52. The molecule has 0 fully saturated rings. The highest BCUT2D eigenvalue weighted by atomic mass is 79.9. The molecule has 8 heteroatoms. The molecule has 16 heavy (non-hydrogen) atoms. The van der Waals surface area contributed by atoms with Crippen LogP contribution in [-0.4, -0.2) is 4.98 Å². The Morgan fingerprint density at radius 3 is 2.31 bits per heavy atom. The van der Waals surface area contributed by atoms with Gasteiger partial charge in [-0.05, 0) is 15.9 Å². The van der Waals surface area contributed by atoms with Gasteiger partial charge in [-0.2, -0.15) is 18.4 Å². The SMILES string of the molecule is N#Cc1ncc(C(F)(F)F)c(Br)c1C(F)F. The smallest absolute Gasteiger partial charge is 0.244 e. The zero-order valence-electron chi connectivity index (χ0n) is 7.32. The van der Waals surface area contributed by atoms with Gasteiger partial charge in [0.05, 0.1) is 11.1 Å². The summed E-state index contributed by atoms with van der Waals surface area (Å²) < 4.78 is 61.1. The number of hydrogen-bond donors (Lipinski definition) is 0. The maximum atomic E-state index is 12.5. The van der Waals surface area contributed by atoms with E-state index in [0.717, 1.165) is 0 Å². The average molecular weight is 301 g/mol. The number of alkyl halides is 5. The molecule has 0 saturated heterocycles. The standard InChI is InChI=1S/C8H2BrF5N2/c9-6-3(8(12,13)14)2-16-4(1-15)5(6)7(10)11/h2,7H. The van der Waals surface area contributed by atoms with Crippen molar-refractivity contribution >= 4 is 15.9 Å². The predicted molar refractivity (Wildman–Crippen MR) is 46.6 cm³/mol. The van der Waals surface area contributed by atoms with Crippen molar-refractivity contribution < 1.29 is 22.0 Å². The van der Waals surface area contributed by atoms with E-state index in [1.165, 1.54) is 6.07 Å². The zero-order valence-corrected chi connectivity index (χ0v) is 8.90. The Morgan fingerprint density at radius 2 is 1.94 bits per heavy atom.